The summed E-state index contributed by atoms with van der Waals surface area (Å²) in [7, 11) is -3.66. The van der Waals surface area contributed by atoms with Gasteiger partial charge in [0.1, 0.15) is 24.2 Å². The van der Waals surface area contributed by atoms with Gasteiger partial charge in [-0.1, -0.05) is 0 Å². The topological polar surface area (TPSA) is 90.0 Å². The minimum Gasteiger partial charge on any atom is -0.508 e. The van der Waals surface area contributed by atoms with Crippen molar-refractivity contribution < 1.29 is 17.9 Å². The van der Waals surface area contributed by atoms with Gasteiger partial charge in [0.15, 0.2) is 9.84 Å². The van der Waals surface area contributed by atoms with Crippen LogP contribution in [0.2, 0.25) is 0 Å². The molecule has 0 amide bonds. The highest BCUT2D eigenvalue weighted by atomic mass is 32.2. The van der Waals surface area contributed by atoms with E-state index < -0.39 is 15.7 Å². The van der Waals surface area contributed by atoms with Gasteiger partial charge in [-0.25, -0.2) is 22.5 Å². The Morgan fingerprint density at radius 2 is 1.90 bits per heavy atom. The van der Waals surface area contributed by atoms with Gasteiger partial charge in [0, 0.05) is 28.2 Å². The van der Waals surface area contributed by atoms with E-state index in [0.717, 1.165) is 35.9 Å². The molecule has 1 aliphatic carbocycles. The Morgan fingerprint density at radius 3 is 2.57 bits per heavy atom. The largest absolute Gasteiger partial charge is 0.508 e. The van der Waals surface area contributed by atoms with Crippen molar-refractivity contribution in [2.75, 3.05) is 0 Å². The van der Waals surface area contributed by atoms with E-state index in [4.69, 9.17) is 0 Å². The van der Waals surface area contributed by atoms with Crippen LogP contribution in [0.5, 0.6) is 5.75 Å². The fourth-order valence-corrected chi connectivity index (χ4v) is 5.17. The molecule has 1 N–H and O–H groups in total. The Balaban J connectivity index is 1.61. The first-order valence-electron chi connectivity index (χ1n) is 9.58. The fraction of sp³-hybridized carbons (Fsp3) is 0.238. The first kappa shape index (κ1) is 18.8. The lowest BCUT2D eigenvalue weighted by Gasteiger charge is -2.11. The Bertz CT molecular complexity index is 1330. The number of sulfone groups is 1. The molecule has 1 saturated carbocycles. The molecule has 0 saturated heterocycles. The van der Waals surface area contributed by atoms with Gasteiger partial charge in [-0.3, -0.25) is 0 Å². The average molecular weight is 426 g/mol. The van der Waals surface area contributed by atoms with Crippen LogP contribution >= 0.6 is 0 Å². The predicted octanol–water partition coefficient (Wildman–Crippen LogP) is 3.43. The molecule has 0 aliphatic heterocycles. The minimum absolute atomic E-state index is 0.0854. The second-order valence-electron chi connectivity index (χ2n) is 7.54. The second kappa shape index (κ2) is 6.94. The molecule has 2 aromatic carbocycles. The van der Waals surface area contributed by atoms with E-state index >= 15 is 0 Å². The number of hydrogen-bond acceptors (Lipinski definition) is 5. The maximum Gasteiger partial charge on any atom is 0.183 e. The van der Waals surface area contributed by atoms with Gasteiger partial charge in [-0.15, -0.1) is 0 Å². The zero-order chi connectivity index (χ0) is 20.9. The van der Waals surface area contributed by atoms with Gasteiger partial charge < -0.3 is 9.67 Å². The summed E-state index contributed by atoms with van der Waals surface area (Å²) in [5, 5.41) is 15.4. The number of aromatic hydroxyl groups is 1. The number of aromatic nitrogens is 4. The van der Waals surface area contributed by atoms with Crippen LogP contribution in [-0.2, 0) is 22.1 Å². The molecule has 0 spiro atoms. The number of hydrogen-bond donors (Lipinski definition) is 1. The summed E-state index contributed by atoms with van der Waals surface area (Å²) >= 11 is 0. The number of phenols is 1. The lowest BCUT2D eigenvalue weighted by atomic mass is 10.1. The maximum absolute atomic E-state index is 13.2. The summed E-state index contributed by atoms with van der Waals surface area (Å²) in [4.78, 5) is 4.02. The average Bonchev–Trinajstić information content (AvgIpc) is 3.28. The van der Waals surface area contributed by atoms with Gasteiger partial charge in [0.05, 0.1) is 17.2 Å². The molecule has 2 aromatic heterocycles. The van der Waals surface area contributed by atoms with Gasteiger partial charge >= 0.3 is 0 Å². The highest BCUT2D eigenvalue weighted by Gasteiger charge is 2.30. The molecule has 1 fully saturated rings. The van der Waals surface area contributed by atoms with E-state index in [2.05, 4.69) is 14.6 Å². The molecule has 0 atom stereocenters. The van der Waals surface area contributed by atoms with Crippen molar-refractivity contribution in [1.29, 1.82) is 0 Å². The molecule has 9 heteroatoms. The Kier molecular flexibility index (Phi) is 4.35. The first-order valence-corrected chi connectivity index (χ1v) is 11.2. The maximum atomic E-state index is 13.2. The smallest absolute Gasteiger partial charge is 0.183 e. The number of benzene rings is 2. The quantitative estimate of drug-likeness (QED) is 0.477. The third kappa shape index (κ3) is 3.35. The monoisotopic (exact) mass is 426 g/mol. The van der Waals surface area contributed by atoms with Crippen LogP contribution in [0.3, 0.4) is 0 Å². The van der Waals surface area contributed by atoms with E-state index in [1.54, 1.807) is 17.1 Å². The molecule has 154 valence electrons. The van der Waals surface area contributed by atoms with Gasteiger partial charge in [-0.05, 0) is 55.3 Å². The van der Waals surface area contributed by atoms with Crippen molar-refractivity contribution in [3.8, 4) is 5.75 Å². The molecular weight excluding hydrogens is 407 g/mol. The molecule has 0 unspecified atom stereocenters. The zero-order valence-electron chi connectivity index (χ0n) is 15.9. The third-order valence-electron chi connectivity index (χ3n) is 5.40. The van der Waals surface area contributed by atoms with Crippen molar-refractivity contribution >= 4 is 20.7 Å². The summed E-state index contributed by atoms with van der Waals surface area (Å²) in [5.41, 5.74) is 2.20. The Hall–Kier alpha value is -3.20. The van der Waals surface area contributed by atoms with Crippen LogP contribution in [-0.4, -0.2) is 32.9 Å². The van der Waals surface area contributed by atoms with E-state index in [9.17, 15) is 17.9 Å². The third-order valence-corrected chi connectivity index (χ3v) is 7.06. The molecular formula is C21H19FN4O3S. The summed E-state index contributed by atoms with van der Waals surface area (Å²) in [5.74, 6) is -0.555. The van der Waals surface area contributed by atoms with Crippen molar-refractivity contribution in [2.24, 2.45) is 0 Å². The highest BCUT2D eigenvalue weighted by Crippen LogP contribution is 2.42. The Labute approximate surface area is 172 Å². The first-order chi connectivity index (χ1) is 14.4. The molecule has 1 aliphatic rings. The molecule has 0 radical (unpaired) electrons. The SMILES string of the molecule is O=S(=O)(Cc1cc2c(Cn3cncn3)c(O)ccc2n1C1CC1)c1ccc(F)cc1. The summed E-state index contributed by atoms with van der Waals surface area (Å²) < 4.78 is 42.9. The molecule has 4 aromatic rings. The van der Waals surface area contributed by atoms with Crippen LogP contribution in [0.4, 0.5) is 4.39 Å². The van der Waals surface area contributed by atoms with Crippen molar-refractivity contribution in [3.05, 3.63) is 72.2 Å². The van der Waals surface area contributed by atoms with Crippen LogP contribution in [0.25, 0.3) is 10.9 Å². The number of fused-ring (bicyclic) bond motifs is 1. The Morgan fingerprint density at radius 1 is 1.13 bits per heavy atom. The predicted molar refractivity (Wildman–Crippen MR) is 108 cm³/mol. The summed E-state index contributed by atoms with van der Waals surface area (Å²) in [6.07, 6.45) is 4.95. The number of halogens is 1. The number of phenolic OH excluding ortho intramolecular Hbond substituents is 1. The minimum atomic E-state index is -3.66. The lowest BCUT2D eigenvalue weighted by Crippen LogP contribution is -2.09. The normalized spacial score (nSPS) is 14.4. The fourth-order valence-electron chi connectivity index (χ4n) is 3.84. The van der Waals surface area contributed by atoms with Crippen molar-refractivity contribution in [1.82, 2.24) is 19.3 Å². The second-order valence-corrected chi connectivity index (χ2v) is 9.53. The zero-order valence-corrected chi connectivity index (χ0v) is 16.8. The summed E-state index contributed by atoms with van der Waals surface area (Å²) in [6, 6.07) is 10.4. The number of nitrogens with zero attached hydrogens (tertiary/aromatic N) is 4. The standard InChI is InChI=1S/C21H19FN4O3S/c22-14-1-5-17(6-2-14)30(28,29)11-16-9-18-19(10-25-13-23-12-24-25)21(27)8-7-20(18)26(16)15-3-4-15/h1-2,5-9,12-13,15,27H,3-4,10-11H2. The molecule has 7 nitrogen and oxygen atoms in total. The van der Waals surface area contributed by atoms with Gasteiger partial charge in [0.25, 0.3) is 0 Å². The van der Waals surface area contributed by atoms with Crippen LogP contribution < -0.4 is 0 Å². The van der Waals surface area contributed by atoms with E-state index in [1.807, 2.05) is 12.1 Å². The van der Waals surface area contributed by atoms with E-state index in [1.165, 1.54) is 18.5 Å². The molecule has 2 heterocycles. The van der Waals surface area contributed by atoms with Gasteiger partial charge in [-0.2, -0.15) is 5.10 Å². The lowest BCUT2D eigenvalue weighted by molar-refractivity contribution is 0.465. The van der Waals surface area contributed by atoms with Crippen molar-refractivity contribution in [2.45, 2.75) is 36.1 Å². The van der Waals surface area contributed by atoms with E-state index in [-0.39, 0.29) is 22.4 Å². The van der Waals surface area contributed by atoms with Gasteiger partial charge in [0.2, 0.25) is 0 Å². The van der Waals surface area contributed by atoms with Crippen LogP contribution in [0, 0.1) is 5.82 Å². The molecule has 0 bridgehead atoms. The summed E-state index contributed by atoms with van der Waals surface area (Å²) in [6.45, 7) is 0.321. The molecule has 5 rings (SSSR count). The number of rotatable bonds is 6. The molecule has 30 heavy (non-hydrogen) atoms. The van der Waals surface area contributed by atoms with Crippen LogP contribution in [0.15, 0.2) is 60.0 Å². The van der Waals surface area contributed by atoms with E-state index in [0.29, 0.717) is 17.8 Å². The highest BCUT2D eigenvalue weighted by molar-refractivity contribution is 7.90. The van der Waals surface area contributed by atoms with Crippen LogP contribution in [0.1, 0.15) is 30.1 Å². The van der Waals surface area contributed by atoms with Crippen molar-refractivity contribution in [3.63, 3.8) is 0 Å².